The van der Waals surface area contributed by atoms with Gasteiger partial charge in [-0.25, -0.2) is 0 Å². The number of imide groups is 1. The summed E-state index contributed by atoms with van der Waals surface area (Å²) >= 11 is 0. The molecule has 2 amide bonds. The Hall–Kier alpha value is -1.71. The Morgan fingerprint density at radius 2 is 2.00 bits per heavy atom. The first-order valence-electron chi connectivity index (χ1n) is 6.94. The molecule has 0 bridgehead atoms. The van der Waals surface area contributed by atoms with E-state index in [-0.39, 0.29) is 17.9 Å². The number of hydrogen-bond acceptors (Lipinski definition) is 3. The number of aromatic nitrogens is 1. The molecule has 19 heavy (non-hydrogen) atoms. The molecule has 2 aliphatic rings. The van der Waals surface area contributed by atoms with Crippen LogP contribution in [-0.4, -0.2) is 27.7 Å². The minimum Gasteiger partial charge on any atom is -0.270 e. The first kappa shape index (κ1) is 12.3. The SMILES string of the molecule is CC1CCCC(N2C(=O)c3cccnc3C2=O)C1C. The highest BCUT2D eigenvalue weighted by atomic mass is 16.2. The molecular formula is C15H18N2O2. The zero-order valence-electron chi connectivity index (χ0n) is 11.3. The highest BCUT2D eigenvalue weighted by Crippen LogP contribution is 2.36. The summed E-state index contributed by atoms with van der Waals surface area (Å²) in [6.07, 6.45) is 4.74. The van der Waals surface area contributed by atoms with Gasteiger partial charge in [-0.2, -0.15) is 0 Å². The molecule has 1 aliphatic carbocycles. The topological polar surface area (TPSA) is 50.3 Å². The van der Waals surface area contributed by atoms with Crippen LogP contribution in [0.4, 0.5) is 0 Å². The number of pyridine rings is 1. The molecule has 1 saturated carbocycles. The minimum atomic E-state index is -0.216. The average Bonchev–Trinajstić information content (AvgIpc) is 2.67. The fourth-order valence-electron chi connectivity index (χ4n) is 3.30. The van der Waals surface area contributed by atoms with Gasteiger partial charge in [0.05, 0.1) is 5.56 Å². The van der Waals surface area contributed by atoms with E-state index in [0.29, 0.717) is 23.1 Å². The number of nitrogens with zero attached hydrogens (tertiary/aromatic N) is 2. The van der Waals surface area contributed by atoms with Crippen LogP contribution in [0.15, 0.2) is 18.3 Å². The van der Waals surface area contributed by atoms with Gasteiger partial charge in [-0.15, -0.1) is 0 Å². The zero-order valence-corrected chi connectivity index (χ0v) is 11.3. The Kier molecular flexibility index (Phi) is 2.88. The van der Waals surface area contributed by atoms with Crippen LogP contribution in [0, 0.1) is 11.8 Å². The van der Waals surface area contributed by atoms with Crippen molar-refractivity contribution in [1.82, 2.24) is 9.88 Å². The van der Waals surface area contributed by atoms with Crippen LogP contribution in [0.3, 0.4) is 0 Å². The predicted molar refractivity (Wildman–Crippen MR) is 70.7 cm³/mol. The average molecular weight is 258 g/mol. The molecule has 3 unspecified atom stereocenters. The number of amides is 2. The summed E-state index contributed by atoms with van der Waals surface area (Å²) in [5.74, 6) is 0.526. The summed E-state index contributed by atoms with van der Waals surface area (Å²) < 4.78 is 0. The van der Waals surface area contributed by atoms with Crippen LogP contribution in [0.1, 0.15) is 54.0 Å². The number of carbonyl (C=O) groups excluding carboxylic acids is 2. The van der Waals surface area contributed by atoms with Crippen LogP contribution >= 0.6 is 0 Å². The molecule has 1 aromatic rings. The van der Waals surface area contributed by atoms with Crippen LogP contribution in [0.5, 0.6) is 0 Å². The van der Waals surface area contributed by atoms with Gasteiger partial charge >= 0.3 is 0 Å². The lowest BCUT2D eigenvalue weighted by Crippen LogP contribution is -2.47. The lowest BCUT2D eigenvalue weighted by atomic mass is 9.77. The second-order valence-electron chi connectivity index (χ2n) is 5.71. The molecule has 0 saturated heterocycles. The van der Waals surface area contributed by atoms with E-state index in [4.69, 9.17) is 0 Å². The van der Waals surface area contributed by atoms with Gasteiger partial charge in [0, 0.05) is 12.2 Å². The Morgan fingerprint density at radius 3 is 2.74 bits per heavy atom. The van der Waals surface area contributed by atoms with E-state index in [1.807, 2.05) is 0 Å². The van der Waals surface area contributed by atoms with Gasteiger partial charge in [0.2, 0.25) is 0 Å². The van der Waals surface area contributed by atoms with Crippen molar-refractivity contribution in [3.63, 3.8) is 0 Å². The third kappa shape index (κ3) is 1.78. The van der Waals surface area contributed by atoms with Gasteiger partial charge in [0.15, 0.2) is 0 Å². The second-order valence-corrected chi connectivity index (χ2v) is 5.71. The Balaban J connectivity index is 1.95. The lowest BCUT2D eigenvalue weighted by molar-refractivity contribution is 0.0429. The second kappa shape index (κ2) is 4.44. The number of carbonyl (C=O) groups is 2. The largest absolute Gasteiger partial charge is 0.280 e. The highest BCUT2D eigenvalue weighted by Gasteiger charge is 2.44. The molecule has 1 aliphatic heterocycles. The Labute approximate surface area is 112 Å². The monoisotopic (exact) mass is 258 g/mol. The maximum Gasteiger partial charge on any atom is 0.280 e. The third-order valence-corrected chi connectivity index (χ3v) is 4.67. The first-order chi connectivity index (χ1) is 9.11. The number of hydrogen-bond donors (Lipinski definition) is 0. The van der Waals surface area contributed by atoms with E-state index in [9.17, 15) is 9.59 Å². The van der Waals surface area contributed by atoms with Crippen LogP contribution in [0.2, 0.25) is 0 Å². The van der Waals surface area contributed by atoms with Crippen LogP contribution < -0.4 is 0 Å². The van der Waals surface area contributed by atoms with Crippen molar-refractivity contribution in [3.05, 3.63) is 29.6 Å². The smallest absolute Gasteiger partial charge is 0.270 e. The third-order valence-electron chi connectivity index (χ3n) is 4.67. The maximum absolute atomic E-state index is 12.4. The van der Waals surface area contributed by atoms with E-state index >= 15 is 0 Å². The van der Waals surface area contributed by atoms with E-state index in [0.717, 1.165) is 12.8 Å². The molecule has 4 nitrogen and oxygen atoms in total. The summed E-state index contributed by atoms with van der Waals surface area (Å²) in [5.41, 5.74) is 0.774. The van der Waals surface area contributed by atoms with Gasteiger partial charge in [-0.05, 0) is 30.4 Å². The fourth-order valence-corrected chi connectivity index (χ4v) is 3.30. The normalized spacial score (nSPS) is 30.6. The van der Waals surface area contributed by atoms with Crippen molar-refractivity contribution in [2.45, 2.75) is 39.2 Å². The molecule has 4 heteroatoms. The molecular weight excluding hydrogens is 240 g/mol. The van der Waals surface area contributed by atoms with E-state index < -0.39 is 0 Å². The lowest BCUT2D eigenvalue weighted by Gasteiger charge is -2.38. The van der Waals surface area contributed by atoms with E-state index in [2.05, 4.69) is 18.8 Å². The van der Waals surface area contributed by atoms with Crippen LogP contribution in [0.25, 0.3) is 0 Å². The number of fused-ring (bicyclic) bond motifs is 1. The summed E-state index contributed by atoms with van der Waals surface area (Å²) in [6.45, 7) is 4.35. The van der Waals surface area contributed by atoms with Gasteiger partial charge < -0.3 is 0 Å². The van der Waals surface area contributed by atoms with E-state index in [1.54, 1.807) is 18.3 Å². The molecule has 1 aromatic heterocycles. The molecule has 0 aromatic carbocycles. The molecule has 100 valence electrons. The maximum atomic E-state index is 12.4. The van der Waals surface area contributed by atoms with Gasteiger partial charge in [-0.3, -0.25) is 19.5 Å². The van der Waals surface area contributed by atoms with Crippen molar-refractivity contribution in [2.75, 3.05) is 0 Å². The standard InChI is InChI=1S/C15H18N2O2/c1-9-5-3-7-12(10(9)2)17-14(18)11-6-4-8-16-13(11)15(17)19/h4,6,8-10,12H,3,5,7H2,1-2H3. The van der Waals surface area contributed by atoms with Gasteiger partial charge in [-0.1, -0.05) is 26.7 Å². The number of rotatable bonds is 1. The predicted octanol–water partition coefficient (Wildman–Crippen LogP) is 2.50. The molecule has 3 rings (SSSR count). The van der Waals surface area contributed by atoms with Crippen molar-refractivity contribution in [2.24, 2.45) is 11.8 Å². The first-order valence-corrected chi connectivity index (χ1v) is 6.94. The highest BCUT2D eigenvalue weighted by molar-refractivity contribution is 6.20. The van der Waals surface area contributed by atoms with Crippen LogP contribution in [-0.2, 0) is 0 Å². The molecule has 3 atom stereocenters. The fraction of sp³-hybridized carbons (Fsp3) is 0.533. The summed E-state index contributed by atoms with van der Waals surface area (Å²) in [5, 5.41) is 0. The quantitative estimate of drug-likeness (QED) is 0.727. The molecule has 0 radical (unpaired) electrons. The summed E-state index contributed by atoms with van der Waals surface area (Å²) in [7, 11) is 0. The summed E-state index contributed by atoms with van der Waals surface area (Å²) in [6, 6.07) is 3.43. The minimum absolute atomic E-state index is 0.0259. The molecule has 1 fully saturated rings. The Bertz CT molecular complexity index is 506. The van der Waals surface area contributed by atoms with Gasteiger partial charge in [0.25, 0.3) is 11.8 Å². The zero-order chi connectivity index (χ0) is 13.6. The van der Waals surface area contributed by atoms with Gasteiger partial charge in [0.1, 0.15) is 5.69 Å². The van der Waals surface area contributed by atoms with Crippen molar-refractivity contribution in [1.29, 1.82) is 0 Å². The molecule has 2 heterocycles. The van der Waals surface area contributed by atoms with Crippen molar-refractivity contribution < 1.29 is 9.59 Å². The molecule has 0 N–H and O–H groups in total. The van der Waals surface area contributed by atoms with E-state index in [1.165, 1.54) is 11.3 Å². The summed E-state index contributed by atoms with van der Waals surface area (Å²) in [4.78, 5) is 30.3. The van der Waals surface area contributed by atoms with Crippen molar-refractivity contribution >= 4 is 11.8 Å². The van der Waals surface area contributed by atoms with Crippen molar-refractivity contribution in [3.8, 4) is 0 Å². The Morgan fingerprint density at radius 1 is 1.21 bits per heavy atom. The molecule has 0 spiro atoms.